The summed E-state index contributed by atoms with van der Waals surface area (Å²) >= 11 is 0.359. The molecule has 0 bridgehead atoms. The van der Waals surface area contributed by atoms with Crippen molar-refractivity contribution in [2.45, 2.75) is 19.3 Å². The van der Waals surface area contributed by atoms with Crippen LogP contribution in [-0.2, 0) is 5.41 Å². The number of nitrogens with zero attached hydrogens (tertiary/aromatic N) is 6. The van der Waals surface area contributed by atoms with Crippen molar-refractivity contribution in [1.29, 1.82) is 0 Å². The van der Waals surface area contributed by atoms with Gasteiger partial charge in [0.2, 0.25) is 0 Å². The molecule has 0 atom stereocenters. The monoisotopic (exact) mass is 1640 g/mol. The third-order valence-electron chi connectivity index (χ3n) is 26.9. The molecule has 0 spiro atoms. The second-order valence-corrected chi connectivity index (χ2v) is 36.0. The van der Waals surface area contributed by atoms with Gasteiger partial charge in [0.15, 0.2) is 0 Å². The number of hydrogen-bond donors (Lipinski definition) is 0. The molecule has 0 fully saturated rings. The fourth-order valence-electron chi connectivity index (χ4n) is 21.6. The van der Waals surface area contributed by atoms with Crippen LogP contribution in [0.2, 0.25) is 0 Å². The summed E-state index contributed by atoms with van der Waals surface area (Å²) in [6.07, 6.45) is 0. The minimum Gasteiger partial charge on any atom is -0.307 e. The number of fused-ring (bicyclic) bond motifs is 33. The van der Waals surface area contributed by atoms with Gasteiger partial charge in [0.1, 0.15) is 0 Å². The molecular formula is C117H76N6Se. The largest absolute Gasteiger partial charge is 0.307 e. The van der Waals surface area contributed by atoms with Crippen molar-refractivity contribution in [3.63, 3.8) is 0 Å². The van der Waals surface area contributed by atoms with E-state index >= 15 is 0 Å². The molecule has 1 aliphatic rings. The van der Waals surface area contributed by atoms with Gasteiger partial charge >= 0.3 is 231 Å². The average molecular weight is 1640 g/mol. The molecule has 0 radical (unpaired) electrons. The van der Waals surface area contributed by atoms with Gasteiger partial charge < -0.3 is 18.3 Å². The van der Waals surface area contributed by atoms with Crippen LogP contribution in [0.5, 0.6) is 0 Å². The first-order chi connectivity index (χ1) is 61.4. The molecule has 20 aromatic carbocycles. The molecule has 7 heterocycles. The van der Waals surface area contributed by atoms with Crippen LogP contribution in [0.4, 0.5) is 0 Å². The van der Waals surface area contributed by atoms with Gasteiger partial charge in [-0.3, -0.25) is 0 Å². The minimum absolute atomic E-state index is 0.0606. The Morgan fingerprint density at radius 2 is 0.411 bits per heavy atom. The van der Waals surface area contributed by atoms with Crippen LogP contribution in [0.3, 0.4) is 0 Å². The summed E-state index contributed by atoms with van der Waals surface area (Å²) in [5.41, 5.74) is 27.3. The van der Waals surface area contributed by atoms with E-state index in [-0.39, 0.29) is 5.41 Å². The van der Waals surface area contributed by atoms with Crippen LogP contribution in [0.1, 0.15) is 25.0 Å². The van der Waals surface area contributed by atoms with Crippen molar-refractivity contribution >= 4 is 197 Å². The van der Waals surface area contributed by atoms with E-state index < -0.39 is 0 Å². The molecule has 7 aromatic heterocycles. The standard InChI is InChI=1S/C42H26N2.C39H28N2.C36H22N2Se/c1-2-12-27(13-3-1)43-39-20-10-8-18-34(39)36-24-25-37-35-19-9-11-21-40(35)44(42(37)41(36)43)28-22-23-33-31-16-5-4-14-29(31)30-15-6-7-17-32(30)38(33)26-28;1-39(2)33-17-9-6-14-27(33)28-21-20-26(24-34(28)39)41-36-19-11-8-16-30(36)32-23-22-31-29-15-7-10-18-35(29)40(37(31)38(32)41)25-12-4-3-5-13-25;1-2-10-23(11-3-1)37-31-15-7-4-12-25(31)28-19-20-29-26-13-5-8-16-32(26)38(36(29)35(28)37)24-18-21-34-30(22-24)27-14-6-9-17-33(27)39-34/h1-26H;3-24H,1-2H3;1-22H. The molecule has 28 rings (SSSR count). The molecular weight excluding hydrogens is 1570 g/mol. The van der Waals surface area contributed by atoms with Crippen molar-refractivity contribution < 1.29 is 0 Å². The first-order valence-electron chi connectivity index (χ1n) is 42.9. The molecule has 124 heavy (non-hydrogen) atoms. The van der Waals surface area contributed by atoms with E-state index in [0.717, 1.165) is 0 Å². The van der Waals surface area contributed by atoms with Crippen molar-refractivity contribution in [2.75, 3.05) is 0 Å². The van der Waals surface area contributed by atoms with Crippen molar-refractivity contribution in [1.82, 2.24) is 27.4 Å². The van der Waals surface area contributed by atoms with E-state index in [0.29, 0.717) is 14.5 Å². The number of para-hydroxylation sites is 9. The fourth-order valence-corrected chi connectivity index (χ4v) is 23.8. The molecule has 6 nitrogen and oxygen atoms in total. The number of hydrogen-bond acceptors (Lipinski definition) is 0. The average Bonchev–Trinajstić information content (AvgIpc) is 1.53. The van der Waals surface area contributed by atoms with Gasteiger partial charge in [-0.05, 0) is 127 Å². The molecule has 7 heteroatoms. The van der Waals surface area contributed by atoms with Gasteiger partial charge in [-0.1, -0.05) is 232 Å². The Hall–Kier alpha value is -15.5. The molecule has 27 aromatic rings. The van der Waals surface area contributed by atoms with Crippen molar-refractivity contribution in [3.05, 3.63) is 436 Å². The fraction of sp³-hybridized carbons (Fsp3) is 0.0256. The zero-order valence-corrected chi connectivity index (χ0v) is 69.7. The maximum absolute atomic E-state index is 2.50. The van der Waals surface area contributed by atoms with Gasteiger partial charge in [0, 0.05) is 71.3 Å². The summed E-state index contributed by atoms with van der Waals surface area (Å²) in [7, 11) is 0. The summed E-state index contributed by atoms with van der Waals surface area (Å²) in [4.78, 5) is 0. The molecule has 0 N–H and O–H groups in total. The molecule has 0 unspecified atom stereocenters. The molecule has 0 saturated carbocycles. The summed E-state index contributed by atoms with van der Waals surface area (Å²) in [6, 6.07) is 156. The summed E-state index contributed by atoms with van der Waals surface area (Å²) < 4.78 is 17.8. The third kappa shape index (κ3) is 10.2. The zero-order chi connectivity index (χ0) is 81.6. The molecule has 0 amide bonds. The zero-order valence-electron chi connectivity index (χ0n) is 68.0. The van der Waals surface area contributed by atoms with Gasteiger partial charge in [-0.25, -0.2) is 0 Å². The summed E-state index contributed by atoms with van der Waals surface area (Å²) in [5, 5.41) is 25.8. The normalized spacial score (nSPS) is 12.7. The van der Waals surface area contributed by atoms with E-state index in [9.17, 15) is 0 Å². The molecule has 0 saturated heterocycles. The van der Waals surface area contributed by atoms with E-state index in [1.54, 1.807) is 0 Å². The van der Waals surface area contributed by atoms with Gasteiger partial charge in [-0.15, -0.1) is 0 Å². The SMILES string of the molecule is CC1(C)c2ccccc2-c2ccc(-n3c4ccccc4c4ccc5c6ccccc6n(-c6ccccc6)c5c43)cc21.c1ccc(-n2c3ccccc3c3ccc4c5ccccc5n(-c5ccc6[se]c7ccccc7c6c5)c4c32)cc1.c1ccc(-n2c3ccccc3c3ccc4c5ccccc5n(-c5ccc6c7ccccc7c7ccccc7c6c5)c4c32)cc1. The van der Waals surface area contributed by atoms with Crippen LogP contribution >= 0.6 is 0 Å². The van der Waals surface area contributed by atoms with Crippen LogP contribution in [0.15, 0.2) is 425 Å². The quantitative estimate of drug-likeness (QED) is 0.117. The Labute approximate surface area is 719 Å². The maximum atomic E-state index is 2.50. The maximum Gasteiger partial charge on any atom is 0.0788 e. The predicted molar refractivity (Wildman–Crippen MR) is 527 cm³/mol. The van der Waals surface area contributed by atoms with Gasteiger partial charge in [-0.2, -0.15) is 0 Å². The van der Waals surface area contributed by atoms with E-state index in [1.165, 1.54) is 239 Å². The topological polar surface area (TPSA) is 29.6 Å². The smallest absolute Gasteiger partial charge is 0.0788 e. The molecule has 0 aliphatic heterocycles. The molecule has 1 aliphatic carbocycles. The Balaban J connectivity index is 0.0000000997. The summed E-state index contributed by atoms with van der Waals surface area (Å²) in [6.45, 7) is 4.72. The van der Waals surface area contributed by atoms with Gasteiger partial charge in [0.25, 0.3) is 0 Å². The Bertz CT molecular complexity index is 9120. The number of rotatable bonds is 6. The first kappa shape index (κ1) is 70.4. The van der Waals surface area contributed by atoms with Crippen LogP contribution in [0.25, 0.3) is 228 Å². The second kappa shape index (κ2) is 27.3. The van der Waals surface area contributed by atoms with Crippen LogP contribution < -0.4 is 0 Å². The summed E-state index contributed by atoms with van der Waals surface area (Å²) in [5.74, 6) is 0. The Morgan fingerprint density at radius 1 is 0.161 bits per heavy atom. The van der Waals surface area contributed by atoms with Crippen molar-refractivity contribution in [2.24, 2.45) is 0 Å². The number of benzene rings is 20. The first-order valence-corrected chi connectivity index (χ1v) is 44.6. The van der Waals surface area contributed by atoms with Crippen molar-refractivity contribution in [3.8, 4) is 45.3 Å². The van der Waals surface area contributed by atoms with E-state index in [1.807, 2.05) is 0 Å². The molecule has 580 valence electrons. The van der Waals surface area contributed by atoms with Crippen LogP contribution in [0, 0.1) is 0 Å². The predicted octanol–water partition coefficient (Wildman–Crippen LogP) is 30.8. The Kier molecular flexibility index (Phi) is 15.5. The van der Waals surface area contributed by atoms with E-state index in [2.05, 4.69) is 466 Å². The third-order valence-corrected chi connectivity index (χ3v) is 29.3. The number of aromatic nitrogens is 6. The second-order valence-electron chi connectivity index (χ2n) is 33.7. The Morgan fingerprint density at radius 3 is 0.798 bits per heavy atom. The minimum atomic E-state index is -0.0606. The van der Waals surface area contributed by atoms with E-state index in [4.69, 9.17) is 0 Å². The van der Waals surface area contributed by atoms with Gasteiger partial charge in [0.05, 0.1) is 44.1 Å². The van der Waals surface area contributed by atoms with Crippen LogP contribution in [-0.4, -0.2) is 41.9 Å².